The third-order valence-corrected chi connectivity index (χ3v) is 4.98. The highest BCUT2D eigenvalue weighted by molar-refractivity contribution is 14.1. The number of hydrogen-bond acceptors (Lipinski definition) is 4. The monoisotopic (exact) mass is 434 g/mol. The van der Waals surface area contributed by atoms with Crippen LogP contribution in [0.2, 0.25) is 0 Å². The van der Waals surface area contributed by atoms with Gasteiger partial charge in [0.1, 0.15) is 0 Å². The number of anilines is 2. The Labute approximate surface area is 155 Å². The van der Waals surface area contributed by atoms with Crippen LogP contribution >= 0.6 is 22.6 Å². The molecule has 2 aromatic carbocycles. The van der Waals surface area contributed by atoms with Crippen molar-refractivity contribution in [3.63, 3.8) is 0 Å². The van der Waals surface area contributed by atoms with Crippen molar-refractivity contribution in [1.82, 2.24) is 0 Å². The lowest BCUT2D eigenvalue weighted by atomic mass is 9.82. The summed E-state index contributed by atoms with van der Waals surface area (Å²) in [6.45, 7) is 5.49. The minimum Gasteiger partial charge on any atom is -0.385 e. The molecule has 0 unspecified atom stereocenters. The molecule has 0 spiro atoms. The molecule has 0 heterocycles. The Balaban J connectivity index is 2.26. The number of carbonyl (C=O) groups is 2. The van der Waals surface area contributed by atoms with Crippen LogP contribution in [0.5, 0.6) is 0 Å². The van der Waals surface area contributed by atoms with Crippen LogP contribution < -0.4 is 10.6 Å². The van der Waals surface area contributed by atoms with Gasteiger partial charge in [-0.2, -0.15) is 0 Å². The van der Waals surface area contributed by atoms with E-state index in [1.807, 2.05) is 31.2 Å². The van der Waals surface area contributed by atoms with E-state index in [2.05, 4.69) is 40.1 Å². The van der Waals surface area contributed by atoms with Crippen molar-refractivity contribution in [2.45, 2.75) is 20.3 Å². The molecule has 0 saturated carbocycles. The van der Waals surface area contributed by atoms with Gasteiger partial charge >= 0.3 is 0 Å². The van der Waals surface area contributed by atoms with Gasteiger partial charge in [0, 0.05) is 39.2 Å². The Morgan fingerprint density at radius 1 is 0.875 bits per heavy atom. The Morgan fingerprint density at radius 3 is 2.21 bits per heavy atom. The zero-order valence-corrected chi connectivity index (χ0v) is 15.9. The van der Waals surface area contributed by atoms with Gasteiger partial charge in [-0.15, -0.1) is 0 Å². The lowest BCUT2D eigenvalue weighted by Crippen LogP contribution is -2.25. The molecule has 1 aliphatic rings. The number of rotatable bonds is 5. The topological polar surface area (TPSA) is 58.2 Å². The van der Waals surface area contributed by atoms with Gasteiger partial charge in [0.2, 0.25) is 0 Å². The Morgan fingerprint density at radius 2 is 1.54 bits per heavy atom. The van der Waals surface area contributed by atoms with Crippen molar-refractivity contribution in [3.8, 4) is 0 Å². The van der Waals surface area contributed by atoms with Crippen LogP contribution in [-0.4, -0.2) is 24.7 Å². The van der Waals surface area contributed by atoms with Crippen LogP contribution in [-0.2, 0) is 0 Å². The molecule has 0 radical (unpaired) electrons. The first-order valence-electron chi connectivity index (χ1n) is 8.12. The Hall–Kier alpha value is -1.89. The molecule has 0 saturated heterocycles. The second-order valence-corrected chi connectivity index (χ2v) is 6.85. The van der Waals surface area contributed by atoms with Crippen LogP contribution in [0, 0.1) is 3.57 Å². The minimum atomic E-state index is -0.0866. The summed E-state index contributed by atoms with van der Waals surface area (Å²) in [6.07, 6.45) is 0.945. The van der Waals surface area contributed by atoms with Crippen molar-refractivity contribution < 1.29 is 9.59 Å². The first-order valence-corrected chi connectivity index (χ1v) is 9.20. The number of halogens is 1. The second kappa shape index (κ2) is 6.93. The average Bonchev–Trinajstić information content (AvgIpc) is 2.58. The van der Waals surface area contributed by atoms with Gasteiger partial charge in [-0.05, 0) is 54.1 Å². The number of ketones is 2. The van der Waals surface area contributed by atoms with Gasteiger partial charge in [0.05, 0.1) is 11.1 Å². The van der Waals surface area contributed by atoms with Crippen molar-refractivity contribution in [2.75, 3.05) is 23.7 Å². The number of benzene rings is 2. The van der Waals surface area contributed by atoms with Gasteiger partial charge in [-0.1, -0.05) is 19.1 Å². The molecule has 124 valence electrons. The van der Waals surface area contributed by atoms with Crippen LogP contribution in [0.15, 0.2) is 30.3 Å². The first-order chi connectivity index (χ1) is 11.6. The lowest BCUT2D eigenvalue weighted by molar-refractivity contribution is 0.0979. The third kappa shape index (κ3) is 2.70. The first kappa shape index (κ1) is 17.0. The third-order valence-electron chi connectivity index (χ3n) is 4.08. The molecular weight excluding hydrogens is 415 g/mol. The van der Waals surface area contributed by atoms with Gasteiger partial charge in [0.15, 0.2) is 11.6 Å². The van der Waals surface area contributed by atoms with Crippen molar-refractivity contribution in [2.24, 2.45) is 0 Å². The van der Waals surface area contributed by atoms with E-state index in [9.17, 15) is 9.59 Å². The van der Waals surface area contributed by atoms with Crippen molar-refractivity contribution in [3.05, 3.63) is 56.2 Å². The van der Waals surface area contributed by atoms with Crippen molar-refractivity contribution in [1.29, 1.82) is 0 Å². The molecular formula is C19H19IN2O2. The highest BCUT2D eigenvalue weighted by Crippen LogP contribution is 2.37. The fraction of sp³-hybridized carbons (Fsp3) is 0.263. The minimum absolute atomic E-state index is 0.0827. The maximum absolute atomic E-state index is 13.2. The summed E-state index contributed by atoms with van der Waals surface area (Å²) < 4.78 is 0.809. The summed E-state index contributed by atoms with van der Waals surface area (Å²) in [5, 5.41) is 6.50. The predicted octanol–water partition coefficient (Wildman–Crippen LogP) is 4.32. The summed E-state index contributed by atoms with van der Waals surface area (Å²) in [4.78, 5) is 26.3. The van der Waals surface area contributed by atoms with E-state index in [0.29, 0.717) is 28.8 Å². The highest BCUT2D eigenvalue weighted by Gasteiger charge is 2.35. The SMILES string of the molecule is CCCNc1ccc(NCC)c2c1C(=O)c1cccc(I)c1C2=O. The van der Waals surface area contributed by atoms with Crippen molar-refractivity contribution >= 4 is 45.5 Å². The predicted molar refractivity (Wildman–Crippen MR) is 105 cm³/mol. The summed E-state index contributed by atoms with van der Waals surface area (Å²) in [5.74, 6) is -0.169. The van der Waals surface area contributed by atoms with E-state index in [1.165, 1.54) is 0 Å². The maximum Gasteiger partial charge on any atom is 0.197 e. The average molecular weight is 434 g/mol. The largest absolute Gasteiger partial charge is 0.385 e. The molecule has 24 heavy (non-hydrogen) atoms. The molecule has 2 aromatic rings. The van der Waals surface area contributed by atoms with Gasteiger partial charge in [-0.3, -0.25) is 9.59 Å². The van der Waals surface area contributed by atoms with Crippen LogP contribution in [0.4, 0.5) is 11.4 Å². The Kier molecular flexibility index (Phi) is 4.89. The standard InChI is InChI=1S/C19H19IN2O2/c1-3-10-22-14-9-8-13(21-4-2)17-16(14)18(23)11-6-5-7-12(20)15(11)19(17)24/h5-9,21-22H,3-4,10H2,1-2H3. The highest BCUT2D eigenvalue weighted by atomic mass is 127. The fourth-order valence-electron chi connectivity index (χ4n) is 3.02. The van der Waals surface area contributed by atoms with E-state index in [4.69, 9.17) is 0 Å². The molecule has 0 aromatic heterocycles. The summed E-state index contributed by atoms with van der Waals surface area (Å²) in [5.41, 5.74) is 3.44. The summed E-state index contributed by atoms with van der Waals surface area (Å²) in [7, 11) is 0. The number of nitrogens with one attached hydrogen (secondary N) is 2. The molecule has 2 N–H and O–H groups in total. The van der Waals surface area contributed by atoms with Gasteiger partial charge in [0.25, 0.3) is 0 Å². The molecule has 0 atom stereocenters. The zero-order valence-electron chi connectivity index (χ0n) is 13.7. The lowest BCUT2D eigenvalue weighted by Gasteiger charge is -2.24. The zero-order chi connectivity index (χ0) is 17.3. The normalized spacial score (nSPS) is 12.6. The number of hydrogen-bond donors (Lipinski definition) is 2. The fourth-order valence-corrected chi connectivity index (χ4v) is 3.77. The molecule has 0 amide bonds. The van der Waals surface area contributed by atoms with E-state index in [-0.39, 0.29) is 11.6 Å². The quantitative estimate of drug-likeness (QED) is 0.588. The van der Waals surface area contributed by atoms with Gasteiger partial charge < -0.3 is 10.6 Å². The molecule has 5 heteroatoms. The summed E-state index contributed by atoms with van der Waals surface area (Å²) >= 11 is 2.12. The number of fused-ring (bicyclic) bond motifs is 2. The maximum atomic E-state index is 13.2. The molecule has 3 rings (SSSR count). The molecule has 1 aliphatic carbocycles. The molecule has 0 bridgehead atoms. The molecule has 4 nitrogen and oxygen atoms in total. The van der Waals surface area contributed by atoms with E-state index < -0.39 is 0 Å². The Bertz CT molecular complexity index is 830. The van der Waals surface area contributed by atoms with Crippen LogP contribution in [0.3, 0.4) is 0 Å². The number of carbonyl (C=O) groups excluding carboxylic acids is 2. The summed E-state index contributed by atoms with van der Waals surface area (Å²) in [6, 6.07) is 9.19. The second-order valence-electron chi connectivity index (χ2n) is 5.69. The molecule has 0 aliphatic heterocycles. The van der Waals surface area contributed by atoms with E-state index in [0.717, 1.165) is 27.9 Å². The molecule has 0 fully saturated rings. The van der Waals surface area contributed by atoms with E-state index in [1.54, 1.807) is 6.07 Å². The van der Waals surface area contributed by atoms with E-state index >= 15 is 0 Å². The van der Waals surface area contributed by atoms with Crippen LogP contribution in [0.1, 0.15) is 52.1 Å². The smallest absolute Gasteiger partial charge is 0.197 e. The van der Waals surface area contributed by atoms with Crippen LogP contribution in [0.25, 0.3) is 0 Å². The van der Waals surface area contributed by atoms with Gasteiger partial charge in [-0.25, -0.2) is 0 Å².